The molecule has 1 saturated carbocycles. The lowest BCUT2D eigenvalue weighted by Crippen LogP contribution is -2.36. The lowest BCUT2D eigenvalue weighted by atomic mass is 9.79. The van der Waals surface area contributed by atoms with E-state index in [2.05, 4.69) is 24.0 Å². The third-order valence-corrected chi connectivity index (χ3v) is 5.88. The minimum absolute atomic E-state index is 0.126. The summed E-state index contributed by atoms with van der Waals surface area (Å²) in [6.07, 6.45) is 6.56. The van der Waals surface area contributed by atoms with Crippen molar-refractivity contribution in [1.29, 1.82) is 0 Å². The van der Waals surface area contributed by atoms with Gasteiger partial charge in [0, 0.05) is 17.0 Å². The second-order valence-corrected chi connectivity index (χ2v) is 7.73. The standard InChI is InChI=1S/C24H24O2/c1-23(25,22-17-18-12-13-19(22)16-18)14-15-24(26,20-8-4-2-5-9-20)21-10-6-3-7-11-21/h2-13,18-19,22,25-26H,16-17H2,1H3. The molecule has 2 bridgehead atoms. The van der Waals surface area contributed by atoms with E-state index in [1.165, 1.54) is 0 Å². The van der Waals surface area contributed by atoms with E-state index in [4.69, 9.17) is 0 Å². The van der Waals surface area contributed by atoms with E-state index in [0.29, 0.717) is 23.0 Å². The largest absolute Gasteiger partial charge is 0.378 e. The number of hydrogen-bond acceptors (Lipinski definition) is 2. The first-order valence-electron chi connectivity index (χ1n) is 9.27. The van der Waals surface area contributed by atoms with Crippen LogP contribution in [0.5, 0.6) is 0 Å². The lowest BCUT2D eigenvalue weighted by Gasteiger charge is -2.31. The highest BCUT2D eigenvalue weighted by atomic mass is 16.3. The van der Waals surface area contributed by atoms with Crippen LogP contribution in [0.25, 0.3) is 0 Å². The number of benzene rings is 2. The molecule has 4 atom stereocenters. The molecule has 1 fully saturated rings. The molecule has 0 saturated heterocycles. The Kier molecular flexibility index (Phi) is 4.23. The van der Waals surface area contributed by atoms with Gasteiger partial charge in [0.2, 0.25) is 0 Å². The topological polar surface area (TPSA) is 40.5 Å². The summed E-state index contributed by atoms with van der Waals surface area (Å²) in [4.78, 5) is 0. The Morgan fingerprint density at radius 2 is 1.38 bits per heavy atom. The van der Waals surface area contributed by atoms with Gasteiger partial charge < -0.3 is 10.2 Å². The van der Waals surface area contributed by atoms with Crippen molar-refractivity contribution in [3.63, 3.8) is 0 Å². The molecule has 2 N–H and O–H groups in total. The zero-order chi connectivity index (χ0) is 18.2. The molecule has 2 aromatic carbocycles. The van der Waals surface area contributed by atoms with Gasteiger partial charge in [-0.25, -0.2) is 0 Å². The van der Waals surface area contributed by atoms with Crippen molar-refractivity contribution < 1.29 is 10.2 Å². The van der Waals surface area contributed by atoms with E-state index < -0.39 is 11.2 Å². The molecule has 2 nitrogen and oxygen atoms in total. The van der Waals surface area contributed by atoms with Gasteiger partial charge in [0.25, 0.3) is 0 Å². The molecule has 0 amide bonds. The van der Waals surface area contributed by atoms with E-state index in [9.17, 15) is 10.2 Å². The van der Waals surface area contributed by atoms with Gasteiger partial charge in [-0.1, -0.05) is 84.7 Å². The highest BCUT2D eigenvalue weighted by Gasteiger charge is 2.45. The fourth-order valence-electron chi connectivity index (χ4n) is 4.41. The molecule has 4 rings (SSSR count). The van der Waals surface area contributed by atoms with Crippen LogP contribution in [-0.2, 0) is 5.60 Å². The number of aliphatic hydroxyl groups is 2. The Balaban J connectivity index is 1.73. The van der Waals surface area contributed by atoms with E-state index in [-0.39, 0.29) is 5.92 Å². The number of rotatable bonds is 3. The van der Waals surface area contributed by atoms with Crippen LogP contribution in [0.2, 0.25) is 0 Å². The molecule has 0 aromatic heterocycles. The van der Waals surface area contributed by atoms with Crippen molar-refractivity contribution in [2.75, 3.05) is 0 Å². The molecule has 2 aromatic rings. The van der Waals surface area contributed by atoms with E-state index in [1.54, 1.807) is 6.92 Å². The zero-order valence-electron chi connectivity index (χ0n) is 15.0. The minimum Gasteiger partial charge on any atom is -0.378 e. The van der Waals surface area contributed by atoms with E-state index >= 15 is 0 Å². The third kappa shape index (κ3) is 2.98. The molecule has 0 radical (unpaired) electrons. The van der Waals surface area contributed by atoms with Gasteiger partial charge in [0.05, 0.1) is 0 Å². The van der Waals surface area contributed by atoms with Crippen LogP contribution < -0.4 is 0 Å². The second-order valence-electron chi connectivity index (χ2n) is 7.73. The van der Waals surface area contributed by atoms with Crippen molar-refractivity contribution in [2.24, 2.45) is 17.8 Å². The Hall–Kier alpha value is -2.34. The highest BCUT2D eigenvalue weighted by molar-refractivity contribution is 5.45. The highest BCUT2D eigenvalue weighted by Crippen LogP contribution is 2.48. The van der Waals surface area contributed by atoms with Crippen molar-refractivity contribution in [3.05, 3.63) is 83.9 Å². The Morgan fingerprint density at radius 3 is 1.85 bits per heavy atom. The first-order chi connectivity index (χ1) is 12.5. The number of hydrogen-bond donors (Lipinski definition) is 2. The van der Waals surface area contributed by atoms with Gasteiger partial charge in [0.1, 0.15) is 5.60 Å². The maximum Gasteiger partial charge on any atom is 0.176 e. The number of fused-ring (bicyclic) bond motifs is 2. The summed E-state index contributed by atoms with van der Waals surface area (Å²) in [5, 5.41) is 22.6. The summed E-state index contributed by atoms with van der Waals surface area (Å²) >= 11 is 0. The molecule has 0 spiro atoms. The van der Waals surface area contributed by atoms with Crippen LogP contribution in [0.3, 0.4) is 0 Å². The molecule has 26 heavy (non-hydrogen) atoms. The smallest absolute Gasteiger partial charge is 0.176 e. The quantitative estimate of drug-likeness (QED) is 0.655. The molecule has 4 unspecified atom stereocenters. The van der Waals surface area contributed by atoms with Crippen molar-refractivity contribution in [2.45, 2.75) is 31.0 Å². The number of allylic oxidation sites excluding steroid dienone is 2. The second kappa shape index (κ2) is 6.43. The average molecular weight is 344 g/mol. The first-order valence-corrected chi connectivity index (χ1v) is 9.27. The molecule has 2 heteroatoms. The van der Waals surface area contributed by atoms with Gasteiger partial charge in [0.15, 0.2) is 5.60 Å². The molecule has 132 valence electrons. The predicted molar refractivity (Wildman–Crippen MR) is 103 cm³/mol. The van der Waals surface area contributed by atoms with Gasteiger partial charge in [-0.15, -0.1) is 0 Å². The molecular weight excluding hydrogens is 320 g/mol. The van der Waals surface area contributed by atoms with Crippen LogP contribution in [0.4, 0.5) is 0 Å². The summed E-state index contributed by atoms with van der Waals surface area (Å²) in [7, 11) is 0. The monoisotopic (exact) mass is 344 g/mol. The SMILES string of the molecule is CC(O)(C#CC(O)(c1ccccc1)c1ccccc1)C1CC2C=CC1C2. The van der Waals surface area contributed by atoms with Crippen LogP contribution in [-0.4, -0.2) is 15.8 Å². The molecule has 2 aliphatic carbocycles. The summed E-state index contributed by atoms with van der Waals surface area (Å²) in [6.45, 7) is 1.79. The fraction of sp³-hybridized carbons (Fsp3) is 0.333. The van der Waals surface area contributed by atoms with Crippen LogP contribution >= 0.6 is 0 Å². The van der Waals surface area contributed by atoms with Crippen molar-refractivity contribution in [1.82, 2.24) is 0 Å². The molecule has 0 aliphatic heterocycles. The maximum absolute atomic E-state index is 11.5. The average Bonchev–Trinajstić information content (AvgIpc) is 3.32. The van der Waals surface area contributed by atoms with E-state index in [1.807, 2.05) is 60.7 Å². The van der Waals surface area contributed by atoms with Crippen LogP contribution in [0.1, 0.15) is 30.9 Å². The van der Waals surface area contributed by atoms with Crippen LogP contribution in [0.15, 0.2) is 72.8 Å². The normalized spacial score (nSPS) is 26.2. The molecule has 2 aliphatic rings. The maximum atomic E-state index is 11.5. The minimum atomic E-state index is -1.44. The summed E-state index contributed by atoms with van der Waals surface area (Å²) in [5.41, 5.74) is -1.15. The van der Waals surface area contributed by atoms with Crippen molar-refractivity contribution >= 4 is 0 Å². The molecular formula is C24H24O2. The molecule has 0 heterocycles. The van der Waals surface area contributed by atoms with Gasteiger partial charge in [-0.3, -0.25) is 0 Å². The summed E-state index contributed by atoms with van der Waals surface area (Å²) in [5.74, 6) is 7.17. The summed E-state index contributed by atoms with van der Waals surface area (Å²) < 4.78 is 0. The predicted octanol–water partition coefficient (Wildman–Crippen LogP) is 3.89. The van der Waals surface area contributed by atoms with Gasteiger partial charge in [-0.05, 0) is 31.6 Å². The fourth-order valence-corrected chi connectivity index (χ4v) is 4.41. The van der Waals surface area contributed by atoms with Gasteiger partial charge >= 0.3 is 0 Å². The third-order valence-electron chi connectivity index (χ3n) is 5.88. The van der Waals surface area contributed by atoms with Gasteiger partial charge in [-0.2, -0.15) is 0 Å². The zero-order valence-corrected chi connectivity index (χ0v) is 15.0. The Labute approximate surface area is 155 Å². The van der Waals surface area contributed by atoms with Crippen LogP contribution in [0, 0.1) is 29.6 Å². The summed E-state index contributed by atoms with van der Waals surface area (Å²) in [6, 6.07) is 18.9. The lowest BCUT2D eigenvalue weighted by molar-refractivity contribution is 0.0421. The Bertz CT molecular complexity index is 816. The Morgan fingerprint density at radius 1 is 0.808 bits per heavy atom. The first kappa shape index (κ1) is 17.1. The van der Waals surface area contributed by atoms with E-state index in [0.717, 1.165) is 12.8 Å². The van der Waals surface area contributed by atoms with Crippen molar-refractivity contribution in [3.8, 4) is 11.8 Å².